The summed E-state index contributed by atoms with van der Waals surface area (Å²) in [6.45, 7) is 0. The minimum absolute atomic E-state index is 0.569. The third-order valence-corrected chi connectivity index (χ3v) is 4.73. The Morgan fingerprint density at radius 1 is 0.619 bits per heavy atom. The second-order valence-electron chi connectivity index (χ2n) is 4.92. The molecule has 0 saturated heterocycles. The summed E-state index contributed by atoms with van der Waals surface area (Å²) in [4.78, 5) is 0. The van der Waals surface area contributed by atoms with Crippen LogP contribution in [0, 0.1) is 0 Å². The Kier molecular flexibility index (Phi) is 4.05. The molecule has 0 aliphatic carbocycles. The Bertz CT molecular complexity index is 683. The molecule has 0 aliphatic heterocycles. The first-order valence-electron chi connectivity index (χ1n) is 6.81. The fourth-order valence-corrected chi connectivity index (χ4v) is 3.43. The van der Waals surface area contributed by atoms with E-state index in [1.165, 1.54) is 0 Å². The van der Waals surface area contributed by atoms with Crippen molar-refractivity contribution in [2.45, 2.75) is 4.75 Å². The molecule has 0 aromatic heterocycles. The molecule has 0 spiro atoms. The van der Waals surface area contributed by atoms with Crippen LogP contribution < -0.4 is 0 Å². The van der Waals surface area contributed by atoms with Gasteiger partial charge in [0.15, 0.2) is 0 Å². The van der Waals surface area contributed by atoms with E-state index in [-0.39, 0.29) is 0 Å². The van der Waals surface area contributed by atoms with Crippen LogP contribution in [-0.2, 0) is 4.75 Å². The predicted octanol–water partition coefficient (Wildman–Crippen LogP) is 5.56. The van der Waals surface area contributed by atoms with Gasteiger partial charge in [0.2, 0.25) is 0 Å². The average Bonchev–Trinajstić information content (AvgIpc) is 2.56. The van der Waals surface area contributed by atoms with Crippen molar-refractivity contribution in [1.82, 2.24) is 0 Å². The molecule has 0 saturated carbocycles. The summed E-state index contributed by atoms with van der Waals surface area (Å²) in [6.07, 6.45) is 0. The van der Waals surface area contributed by atoms with Gasteiger partial charge in [-0.1, -0.05) is 90.5 Å². The van der Waals surface area contributed by atoms with Crippen LogP contribution in [0.15, 0.2) is 84.9 Å². The van der Waals surface area contributed by atoms with Crippen LogP contribution in [0.2, 0.25) is 5.02 Å². The highest BCUT2D eigenvalue weighted by Crippen LogP contribution is 2.44. The summed E-state index contributed by atoms with van der Waals surface area (Å²) in [5, 5.41) is 0.722. The van der Waals surface area contributed by atoms with Gasteiger partial charge in [0.25, 0.3) is 0 Å². The lowest BCUT2D eigenvalue weighted by molar-refractivity contribution is 0.905. The second kappa shape index (κ2) is 5.97. The van der Waals surface area contributed by atoms with Crippen LogP contribution in [0.25, 0.3) is 0 Å². The van der Waals surface area contributed by atoms with Gasteiger partial charge >= 0.3 is 0 Å². The van der Waals surface area contributed by atoms with Gasteiger partial charge in [-0.15, -0.1) is 0 Å². The maximum Gasteiger partial charge on any atom is 0.0892 e. The molecule has 0 heterocycles. The van der Waals surface area contributed by atoms with Gasteiger partial charge in [0.1, 0.15) is 0 Å². The first kappa shape index (κ1) is 14.2. The molecule has 0 nitrogen and oxygen atoms in total. The smallest absolute Gasteiger partial charge is 0.0892 e. The zero-order chi connectivity index (χ0) is 14.7. The van der Waals surface area contributed by atoms with Crippen molar-refractivity contribution >= 4 is 24.2 Å². The molecule has 0 aliphatic rings. The number of halogens is 1. The van der Waals surface area contributed by atoms with Gasteiger partial charge in [-0.3, -0.25) is 0 Å². The maximum absolute atomic E-state index is 6.46. The first-order valence-corrected chi connectivity index (χ1v) is 7.64. The Morgan fingerprint density at radius 2 is 1.05 bits per heavy atom. The third kappa shape index (κ3) is 2.59. The molecule has 0 N–H and O–H groups in total. The molecule has 0 bridgehead atoms. The molecule has 2 heteroatoms. The standard InChI is InChI=1S/C19H15ClS/c20-18-14-8-7-13-17(18)19(21,15-9-3-1-4-10-15)16-11-5-2-6-12-16/h1-14,21H. The first-order chi connectivity index (χ1) is 10.2. The highest BCUT2D eigenvalue weighted by Gasteiger charge is 2.33. The fraction of sp³-hybridized carbons (Fsp3) is 0.0526. The van der Waals surface area contributed by atoms with Crippen molar-refractivity contribution in [2.75, 3.05) is 0 Å². The summed E-state index contributed by atoms with van der Waals surface area (Å²) in [5.41, 5.74) is 3.20. The van der Waals surface area contributed by atoms with E-state index in [4.69, 9.17) is 24.2 Å². The quantitative estimate of drug-likeness (QED) is 0.475. The van der Waals surface area contributed by atoms with E-state index in [0.29, 0.717) is 0 Å². The largest absolute Gasteiger partial charge is 0.158 e. The van der Waals surface area contributed by atoms with E-state index < -0.39 is 4.75 Å². The number of hydrogen-bond donors (Lipinski definition) is 1. The monoisotopic (exact) mass is 310 g/mol. The summed E-state index contributed by atoms with van der Waals surface area (Å²) in [7, 11) is 0. The summed E-state index contributed by atoms with van der Waals surface area (Å²) in [6, 6.07) is 28.4. The Labute approximate surface area is 135 Å². The maximum atomic E-state index is 6.46. The van der Waals surface area contributed by atoms with Crippen molar-refractivity contribution in [1.29, 1.82) is 0 Å². The topological polar surface area (TPSA) is 0 Å². The number of rotatable bonds is 3. The highest BCUT2D eigenvalue weighted by molar-refractivity contribution is 7.81. The SMILES string of the molecule is SC(c1ccccc1)(c1ccccc1)c1ccccc1Cl. The lowest BCUT2D eigenvalue weighted by Gasteiger charge is -2.31. The fourth-order valence-electron chi connectivity index (χ4n) is 2.59. The molecule has 0 atom stereocenters. The van der Waals surface area contributed by atoms with E-state index in [9.17, 15) is 0 Å². The average molecular weight is 311 g/mol. The van der Waals surface area contributed by atoms with Crippen LogP contribution in [0.3, 0.4) is 0 Å². The van der Waals surface area contributed by atoms with E-state index in [1.807, 2.05) is 60.7 Å². The molecular weight excluding hydrogens is 296 g/mol. The van der Waals surface area contributed by atoms with Crippen LogP contribution in [0.4, 0.5) is 0 Å². The Morgan fingerprint density at radius 3 is 1.52 bits per heavy atom. The Balaban J connectivity index is 2.29. The van der Waals surface area contributed by atoms with Gasteiger partial charge in [0.05, 0.1) is 4.75 Å². The van der Waals surface area contributed by atoms with Crippen molar-refractivity contribution < 1.29 is 0 Å². The molecule has 0 amide bonds. The molecule has 3 aromatic carbocycles. The predicted molar refractivity (Wildman–Crippen MR) is 93.2 cm³/mol. The van der Waals surface area contributed by atoms with Crippen LogP contribution >= 0.6 is 24.2 Å². The molecule has 3 rings (SSSR count). The molecule has 0 fully saturated rings. The molecular formula is C19H15ClS. The van der Waals surface area contributed by atoms with Gasteiger partial charge in [0, 0.05) is 5.02 Å². The number of hydrogen-bond acceptors (Lipinski definition) is 1. The van der Waals surface area contributed by atoms with Crippen molar-refractivity contribution in [3.8, 4) is 0 Å². The van der Waals surface area contributed by atoms with E-state index in [1.54, 1.807) is 0 Å². The van der Waals surface area contributed by atoms with Gasteiger partial charge in [-0.2, -0.15) is 12.6 Å². The van der Waals surface area contributed by atoms with E-state index in [0.717, 1.165) is 21.7 Å². The lowest BCUT2D eigenvalue weighted by Crippen LogP contribution is -2.22. The van der Waals surface area contributed by atoms with Crippen LogP contribution in [0.5, 0.6) is 0 Å². The van der Waals surface area contributed by atoms with Crippen LogP contribution in [-0.4, -0.2) is 0 Å². The molecule has 3 aromatic rings. The van der Waals surface area contributed by atoms with Gasteiger partial charge < -0.3 is 0 Å². The van der Waals surface area contributed by atoms with E-state index >= 15 is 0 Å². The normalized spacial score (nSPS) is 11.3. The number of benzene rings is 3. The number of thiol groups is 1. The molecule has 0 radical (unpaired) electrons. The lowest BCUT2D eigenvalue weighted by atomic mass is 9.84. The zero-order valence-electron chi connectivity index (χ0n) is 11.4. The van der Waals surface area contributed by atoms with E-state index in [2.05, 4.69) is 24.3 Å². The summed E-state index contributed by atoms with van der Waals surface area (Å²) in [5.74, 6) is 0. The van der Waals surface area contributed by atoms with Crippen LogP contribution in [0.1, 0.15) is 16.7 Å². The second-order valence-corrected chi connectivity index (χ2v) is 6.00. The molecule has 21 heavy (non-hydrogen) atoms. The Hall–Kier alpha value is -1.70. The minimum Gasteiger partial charge on any atom is -0.158 e. The van der Waals surface area contributed by atoms with Crippen molar-refractivity contribution in [2.24, 2.45) is 0 Å². The summed E-state index contributed by atoms with van der Waals surface area (Å²) < 4.78 is -0.569. The van der Waals surface area contributed by atoms with Crippen molar-refractivity contribution in [3.05, 3.63) is 107 Å². The molecule has 104 valence electrons. The van der Waals surface area contributed by atoms with Gasteiger partial charge in [-0.05, 0) is 22.8 Å². The third-order valence-electron chi connectivity index (χ3n) is 3.65. The highest BCUT2D eigenvalue weighted by atomic mass is 35.5. The zero-order valence-corrected chi connectivity index (χ0v) is 13.1. The van der Waals surface area contributed by atoms with Gasteiger partial charge in [-0.25, -0.2) is 0 Å². The minimum atomic E-state index is -0.569. The molecule has 0 unspecified atom stereocenters. The van der Waals surface area contributed by atoms with Crippen molar-refractivity contribution in [3.63, 3.8) is 0 Å². The summed E-state index contributed by atoms with van der Waals surface area (Å²) >= 11 is 11.5.